The summed E-state index contributed by atoms with van der Waals surface area (Å²) in [4.78, 5) is 2.18. The minimum Gasteiger partial charge on any atom is -0.314 e. The summed E-state index contributed by atoms with van der Waals surface area (Å²) in [5.41, 5.74) is -0.914. The third-order valence-corrected chi connectivity index (χ3v) is 7.50. The lowest BCUT2D eigenvalue weighted by Gasteiger charge is -2.38. The van der Waals surface area contributed by atoms with E-state index < -0.39 is 26.8 Å². The van der Waals surface area contributed by atoms with Gasteiger partial charge in [-0.25, -0.2) is 8.42 Å². The highest BCUT2D eigenvalue weighted by atomic mass is 32.2. The fourth-order valence-corrected chi connectivity index (χ4v) is 5.65. The van der Waals surface area contributed by atoms with Crippen molar-refractivity contribution in [2.45, 2.75) is 48.0 Å². The van der Waals surface area contributed by atoms with Gasteiger partial charge in [0.25, 0.3) is 0 Å². The fraction of sp³-hybridized carbons (Fsp3) is 0.647. The summed E-state index contributed by atoms with van der Waals surface area (Å²) in [7, 11) is -3.73. The number of hydrogen-bond donors (Lipinski definition) is 1. The zero-order chi connectivity index (χ0) is 18.1. The Morgan fingerprint density at radius 3 is 2.28 bits per heavy atom. The van der Waals surface area contributed by atoms with Crippen LogP contribution in [-0.2, 0) is 16.0 Å². The molecule has 1 aromatic carbocycles. The van der Waals surface area contributed by atoms with E-state index in [0.29, 0.717) is 18.9 Å². The molecular weight excluding hydrogens is 353 g/mol. The molecule has 0 unspecified atom stereocenters. The van der Waals surface area contributed by atoms with Crippen LogP contribution in [0.4, 0.5) is 13.2 Å². The maximum atomic E-state index is 12.8. The van der Waals surface area contributed by atoms with Gasteiger partial charge in [0.15, 0.2) is 9.84 Å². The lowest BCUT2D eigenvalue weighted by atomic mass is 9.93. The van der Waals surface area contributed by atoms with Crippen LogP contribution in [0.5, 0.6) is 0 Å². The summed E-state index contributed by atoms with van der Waals surface area (Å²) >= 11 is 0. The summed E-state index contributed by atoms with van der Waals surface area (Å²) in [6.07, 6.45) is -1.96. The van der Waals surface area contributed by atoms with E-state index in [-0.39, 0.29) is 4.90 Å². The van der Waals surface area contributed by atoms with Crippen LogP contribution in [0.1, 0.15) is 31.2 Å². The van der Waals surface area contributed by atoms with Crippen molar-refractivity contribution >= 4 is 9.84 Å². The van der Waals surface area contributed by atoms with Crippen LogP contribution in [-0.4, -0.2) is 50.8 Å². The Morgan fingerprint density at radius 1 is 1.04 bits per heavy atom. The smallest absolute Gasteiger partial charge is 0.314 e. The molecule has 140 valence electrons. The van der Waals surface area contributed by atoms with Gasteiger partial charge in [-0.1, -0.05) is 6.07 Å². The van der Waals surface area contributed by atoms with E-state index >= 15 is 0 Å². The number of sulfone groups is 1. The molecule has 2 aliphatic rings. The lowest BCUT2D eigenvalue weighted by Crippen LogP contribution is -2.50. The quantitative estimate of drug-likeness (QED) is 0.881. The van der Waals surface area contributed by atoms with E-state index in [2.05, 4.69) is 10.2 Å². The van der Waals surface area contributed by atoms with Gasteiger partial charge in [-0.2, -0.15) is 13.2 Å². The fourth-order valence-electron chi connectivity index (χ4n) is 3.81. The minimum absolute atomic E-state index is 0.215. The molecule has 1 aliphatic carbocycles. The van der Waals surface area contributed by atoms with E-state index in [1.807, 2.05) is 0 Å². The number of rotatable bonds is 3. The molecule has 4 nitrogen and oxygen atoms in total. The Hall–Kier alpha value is -1.12. The van der Waals surface area contributed by atoms with Crippen molar-refractivity contribution in [1.82, 2.24) is 10.2 Å². The lowest BCUT2D eigenvalue weighted by molar-refractivity contribution is -0.137. The van der Waals surface area contributed by atoms with Crippen molar-refractivity contribution in [3.05, 3.63) is 29.8 Å². The van der Waals surface area contributed by atoms with Gasteiger partial charge in [0.1, 0.15) is 0 Å². The molecule has 0 spiro atoms. The van der Waals surface area contributed by atoms with Gasteiger partial charge in [-0.15, -0.1) is 0 Å². The van der Waals surface area contributed by atoms with Crippen LogP contribution in [0.3, 0.4) is 0 Å². The largest absolute Gasteiger partial charge is 0.416 e. The molecule has 1 aliphatic heterocycles. The predicted octanol–water partition coefficient (Wildman–Crippen LogP) is 2.70. The Morgan fingerprint density at radius 2 is 1.68 bits per heavy atom. The first-order valence-electron chi connectivity index (χ1n) is 8.64. The van der Waals surface area contributed by atoms with E-state index in [4.69, 9.17) is 0 Å². The van der Waals surface area contributed by atoms with Crippen molar-refractivity contribution in [3.63, 3.8) is 0 Å². The van der Waals surface area contributed by atoms with Crippen LogP contribution >= 0.6 is 0 Å². The number of alkyl halides is 3. The molecule has 1 heterocycles. The molecule has 8 heteroatoms. The molecule has 0 radical (unpaired) electrons. The first kappa shape index (κ1) is 18.7. The van der Waals surface area contributed by atoms with Gasteiger partial charge in [0, 0.05) is 32.2 Å². The standard InChI is InChI=1S/C17H23F3N2O2S/c18-17(19,20)13-2-1-3-16(12-13)25(23,24)15-6-4-14(5-7-15)22-10-8-21-9-11-22/h1-3,12,14-15,21H,4-11H2. The van der Waals surface area contributed by atoms with Crippen LogP contribution in [0.15, 0.2) is 29.2 Å². The molecule has 1 saturated heterocycles. The molecule has 0 bridgehead atoms. The summed E-state index contributed by atoms with van der Waals surface area (Å²) in [6, 6.07) is 4.49. The maximum Gasteiger partial charge on any atom is 0.416 e. The number of hydrogen-bond acceptors (Lipinski definition) is 4. The van der Waals surface area contributed by atoms with E-state index in [0.717, 1.165) is 51.2 Å². The van der Waals surface area contributed by atoms with Crippen LogP contribution in [0.25, 0.3) is 0 Å². The average Bonchev–Trinajstić information content (AvgIpc) is 2.62. The molecule has 1 N–H and O–H groups in total. The van der Waals surface area contributed by atoms with Gasteiger partial charge in [0.05, 0.1) is 15.7 Å². The Bertz CT molecular complexity index is 692. The third kappa shape index (κ3) is 4.17. The van der Waals surface area contributed by atoms with Gasteiger partial charge in [-0.05, 0) is 43.9 Å². The second kappa shape index (κ2) is 7.25. The highest BCUT2D eigenvalue weighted by Gasteiger charge is 2.36. The Labute approximate surface area is 146 Å². The number of nitrogens with zero attached hydrogens (tertiary/aromatic N) is 1. The van der Waals surface area contributed by atoms with E-state index in [9.17, 15) is 21.6 Å². The first-order chi connectivity index (χ1) is 11.8. The summed E-state index contributed by atoms with van der Waals surface area (Å²) in [5.74, 6) is 0. The van der Waals surface area contributed by atoms with Gasteiger partial charge in [-0.3, -0.25) is 4.90 Å². The molecule has 1 aromatic rings. The Balaban J connectivity index is 1.69. The molecule has 1 saturated carbocycles. The summed E-state index contributed by atoms with van der Waals surface area (Å²) < 4.78 is 64.1. The normalized spacial score (nSPS) is 26.5. The maximum absolute atomic E-state index is 12.8. The number of benzene rings is 1. The highest BCUT2D eigenvalue weighted by molar-refractivity contribution is 7.92. The van der Waals surface area contributed by atoms with Gasteiger partial charge < -0.3 is 5.32 Å². The van der Waals surface area contributed by atoms with Crippen molar-refractivity contribution in [1.29, 1.82) is 0 Å². The molecule has 0 atom stereocenters. The predicted molar refractivity (Wildman–Crippen MR) is 89.1 cm³/mol. The van der Waals surface area contributed by atoms with Gasteiger partial charge in [0.2, 0.25) is 0 Å². The van der Waals surface area contributed by atoms with Crippen molar-refractivity contribution in [2.75, 3.05) is 26.2 Å². The second-order valence-corrected chi connectivity index (χ2v) is 9.02. The van der Waals surface area contributed by atoms with Crippen molar-refractivity contribution in [2.24, 2.45) is 0 Å². The summed E-state index contributed by atoms with van der Waals surface area (Å²) in [6.45, 7) is 3.83. The SMILES string of the molecule is O=S(=O)(c1cccc(C(F)(F)F)c1)C1CCC(N2CCNCC2)CC1. The van der Waals surface area contributed by atoms with Crippen LogP contribution in [0, 0.1) is 0 Å². The van der Waals surface area contributed by atoms with E-state index in [1.165, 1.54) is 12.1 Å². The van der Waals surface area contributed by atoms with Crippen LogP contribution in [0.2, 0.25) is 0 Å². The zero-order valence-corrected chi connectivity index (χ0v) is 14.7. The van der Waals surface area contributed by atoms with E-state index in [1.54, 1.807) is 0 Å². The number of piperazine rings is 1. The third-order valence-electron chi connectivity index (χ3n) is 5.24. The van der Waals surface area contributed by atoms with Crippen molar-refractivity contribution in [3.8, 4) is 0 Å². The zero-order valence-electron chi connectivity index (χ0n) is 13.9. The van der Waals surface area contributed by atoms with Crippen LogP contribution < -0.4 is 5.32 Å². The monoisotopic (exact) mass is 376 g/mol. The molecular formula is C17H23F3N2O2S. The molecule has 0 amide bonds. The minimum atomic E-state index is -4.54. The average molecular weight is 376 g/mol. The molecule has 0 aromatic heterocycles. The molecule has 2 fully saturated rings. The second-order valence-electron chi connectivity index (χ2n) is 6.79. The highest BCUT2D eigenvalue weighted by Crippen LogP contribution is 2.34. The summed E-state index contributed by atoms with van der Waals surface area (Å²) in [5, 5.41) is 2.71. The Kier molecular flexibility index (Phi) is 5.41. The topological polar surface area (TPSA) is 49.4 Å². The van der Waals surface area contributed by atoms with Crippen molar-refractivity contribution < 1.29 is 21.6 Å². The molecule has 3 rings (SSSR count). The molecule has 25 heavy (non-hydrogen) atoms. The number of halogens is 3. The first-order valence-corrected chi connectivity index (χ1v) is 10.2. The van der Waals surface area contributed by atoms with Gasteiger partial charge >= 0.3 is 6.18 Å². The number of nitrogens with one attached hydrogen (secondary N) is 1.